The molecule has 4 N–H and O–H groups in total. The van der Waals surface area contributed by atoms with E-state index in [1.165, 1.54) is 23.3 Å². The Morgan fingerprint density at radius 1 is 1.19 bits per heavy atom. The molecule has 8 nitrogen and oxygen atoms in total. The van der Waals surface area contributed by atoms with Gasteiger partial charge in [0, 0.05) is 18.0 Å². The summed E-state index contributed by atoms with van der Waals surface area (Å²) in [5, 5.41) is 10.2. The number of anilines is 2. The lowest BCUT2D eigenvalue weighted by Gasteiger charge is -2.09. The van der Waals surface area contributed by atoms with Crippen LogP contribution in [-0.2, 0) is 10.0 Å². The van der Waals surface area contributed by atoms with Crippen molar-refractivity contribution in [2.45, 2.75) is 4.90 Å². The Morgan fingerprint density at radius 3 is 2.62 bits per heavy atom. The molecule has 2 aromatic heterocycles. The Labute approximate surface area is 120 Å². The summed E-state index contributed by atoms with van der Waals surface area (Å²) in [6.45, 7) is 0. The van der Waals surface area contributed by atoms with Crippen molar-refractivity contribution >= 4 is 21.5 Å². The second-order valence-electron chi connectivity index (χ2n) is 4.26. The molecule has 0 unspecified atom stereocenters. The fourth-order valence-electron chi connectivity index (χ4n) is 1.78. The van der Waals surface area contributed by atoms with Gasteiger partial charge in [0.1, 0.15) is 10.7 Å². The first kappa shape index (κ1) is 13.2. The van der Waals surface area contributed by atoms with Crippen molar-refractivity contribution in [3.8, 4) is 5.69 Å². The zero-order valence-corrected chi connectivity index (χ0v) is 11.6. The van der Waals surface area contributed by atoms with Crippen LogP contribution in [-0.4, -0.2) is 28.4 Å². The van der Waals surface area contributed by atoms with Gasteiger partial charge in [-0.05, 0) is 24.3 Å². The summed E-state index contributed by atoms with van der Waals surface area (Å²) in [4.78, 5) is 0.0487. The highest BCUT2D eigenvalue weighted by Gasteiger charge is 2.17. The molecule has 0 aliphatic carbocycles. The summed E-state index contributed by atoms with van der Waals surface area (Å²) in [6.07, 6.45) is 4.03. The molecule has 0 spiro atoms. The minimum atomic E-state index is -3.71. The minimum absolute atomic E-state index is 0.0487. The molecule has 0 radical (unpaired) electrons. The number of sulfonamides is 1. The number of rotatable bonds is 4. The van der Waals surface area contributed by atoms with Crippen molar-refractivity contribution in [1.82, 2.24) is 20.0 Å². The molecule has 3 rings (SSSR count). The quantitative estimate of drug-likeness (QED) is 0.621. The molecule has 0 aliphatic rings. The van der Waals surface area contributed by atoms with E-state index in [1.807, 2.05) is 0 Å². The lowest BCUT2D eigenvalue weighted by molar-refractivity contribution is 0.601. The van der Waals surface area contributed by atoms with Crippen LogP contribution in [0.5, 0.6) is 0 Å². The van der Waals surface area contributed by atoms with E-state index in [1.54, 1.807) is 30.3 Å². The van der Waals surface area contributed by atoms with Crippen LogP contribution in [0.2, 0.25) is 0 Å². The number of hydrogen-bond donors (Lipinski definition) is 3. The van der Waals surface area contributed by atoms with Crippen LogP contribution in [0.15, 0.2) is 53.8 Å². The highest BCUT2D eigenvalue weighted by atomic mass is 32.2. The van der Waals surface area contributed by atoms with E-state index in [9.17, 15) is 8.42 Å². The summed E-state index contributed by atoms with van der Waals surface area (Å²) in [7, 11) is -3.71. The van der Waals surface area contributed by atoms with E-state index in [0.29, 0.717) is 17.2 Å². The first-order valence-corrected chi connectivity index (χ1v) is 7.46. The molecule has 0 saturated heterocycles. The molecule has 0 atom stereocenters. The second kappa shape index (κ2) is 4.94. The maximum atomic E-state index is 12.2. The smallest absolute Gasteiger partial charge is 0.266 e. The molecule has 108 valence electrons. The van der Waals surface area contributed by atoms with Gasteiger partial charge in [-0.3, -0.25) is 9.82 Å². The number of aromatic amines is 1. The molecule has 0 aliphatic heterocycles. The van der Waals surface area contributed by atoms with Crippen molar-refractivity contribution < 1.29 is 8.42 Å². The van der Waals surface area contributed by atoms with Crippen LogP contribution in [0.1, 0.15) is 0 Å². The predicted octanol–water partition coefficient (Wildman–Crippen LogP) is 0.978. The third kappa shape index (κ3) is 2.58. The van der Waals surface area contributed by atoms with Crippen LogP contribution in [0, 0.1) is 0 Å². The number of benzene rings is 1. The zero-order chi connectivity index (χ0) is 14.9. The van der Waals surface area contributed by atoms with Gasteiger partial charge in [-0.15, -0.1) is 0 Å². The number of nitrogen functional groups attached to an aromatic ring is 1. The average molecular weight is 304 g/mol. The average Bonchev–Trinajstić information content (AvgIpc) is 3.10. The minimum Gasteiger partial charge on any atom is -0.399 e. The highest BCUT2D eigenvalue weighted by Crippen LogP contribution is 2.19. The van der Waals surface area contributed by atoms with Crippen molar-refractivity contribution in [2.24, 2.45) is 0 Å². The maximum absolute atomic E-state index is 12.2. The topological polar surface area (TPSA) is 119 Å². The van der Waals surface area contributed by atoms with Gasteiger partial charge in [-0.2, -0.15) is 10.2 Å². The van der Waals surface area contributed by atoms with Gasteiger partial charge in [0.2, 0.25) is 0 Å². The normalized spacial score (nSPS) is 11.4. The number of nitrogens with zero attached hydrogens (tertiary/aromatic N) is 3. The van der Waals surface area contributed by atoms with Gasteiger partial charge in [0.25, 0.3) is 10.0 Å². The molecule has 1 aromatic carbocycles. The summed E-state index contributed by atoms with van der Waals surface area (Å²) in [6, 6.07) is 8.49. The SMILES string of the molecule is Nc1ccc(-n2nccc2NS(=O)(=O)c2cn[nH]c2)cc1. The van der Waals surface area contributed by atoms with Crippen LogP contribution >= 0.6 is 0 Å². The van der Waals surface area contributed by atoms with E-state index < -0.39 is 10.0 Å². The number of H-pyrrole nitrogens is 1. The monoisotopic (exact) mass is 304 g/mol. The van der Waals surface area contributed by atoms with E-state index in [-0.39, 0.29) is 4.90 Å². The van der Waals surface area contributed by atoms with Gasteiger partial charge in [0.05, 0.1) is 18.1 Å². The fourth-order valence-corrected chi connectivity index (χ4v) is 2.73. The molecule has 0 saturated carbocycles. The van der Waals surface area contributed by atoms with E-state index >= 15 is 0 Å². The lowest BCUT2D eigenvalue weighted by atomic mass is 10.3. The molecular formula is C12H12N6O2S. The Hall–Kier alpha value is -2.81. The first-order chi connectivity index (χ1) is 10.1. The molecule has 0 fully saturated rings. The van der Waals surface area contributed by atoms with Crippen molar-refractivity contribution in [1.29, 1.82) is 0 Å². The third-order valence-electron chi connectivity index (χ3n) is 2.80. The summed E-state index contributed by atoms with van der Waals surface area (Å²) in [5.74, 6) is 0.320. The fraction of sp³-hybridized carbons (Fsp3) is 0. The van der Waals surface area contributed by atoms with Gasteiger partial charge in [0.15, 0.2) is 0 Å². The molecule has 3 aromatic rings. The van der Waals surface area contributed by atoms with Crippen LogP contribution in [0.4, 0.5) is 11.5 Å². The molecule has 0 bridgehead atoms. The number of nitrogens with one attached hydrogen (secondary N) is 2. The highest BCUT2D eigenvalue weighted by molar-refractivity contribution is 7.92. The second-order valence-corrected chi connectivity index (χ2v) is 5.94. The number of aromatic nitrogens is 4. The van der Waals surface area contributed by atoms with Gasteiger partial charge < -0.3 is 5.73 Å². The number of nitrogens with two attached hydrogens (primary N) is 1. The predicted molar refractivity (Wildman–Crippen MR) is 77.4 cm³/mol. The van der Waals surface area contributed by atoms with Crippen molar-refractivity contribution in [3.05, 3.63) is 48.9 Å². The third-order valence-corrected chi connectivity index (χ3v) is 4.12. The Balaban J connectivity index is 1.95. The molecule has 21 heavy (non-hydrogen) atoms. The van der Waals surface area contributed by atoms with E-state index in [2.05, 4.69) is 20.0 Å². The Kier molecular flexibility index (Phi) is 3.10. The van der Waals surface area contributed by atoms with Crippen LogP contribution in [0.3, 0.4) is 0 Å². The van der Waals surface area contributed by atoms with Crippen LogP contribution in [0.25, 0.3) is 5.69 Å². The van der Waals surface area contributed by atoms with E-state index in [0.717, 1.165) is 0 Å². The zero-order valence-electron chi connectivity index (χ0n) is 10.8. The summed E-state index contributed by atoms with van der Waals surface area (Å²) < 4.78 is 28.3. The molecule has 2 heterocycles. The largest absolute Gasteiger partial charge is 0.399 e. The Bertz CT molecular complexity index is 836. The van der Waals surface area contributed by atoms with Gasteiger partial charge in [-0.25, -0.2) is 13.1 Å². The maximum Gasteiger partial charge on any atom is 0.266 e. The van der Waals surface area contributed by atoms with Gasteiger partial charge in [-0.1, -0.05) is 0 Å². The van der Waals surface area contributed by atoms with Crippen molar-refractivity contribution in [2.75, 3.05) is 10.5 Å². The van der Waals surface area contributed by atoms with Gasteiger partial charge >= 0.3 is 0 Å². The van der Waals surface area contributed by atoms with E-state index in [4.69, 9.17) is 5.73 Å². The molecular weight excluding hydrogens is 292 g/mol. The molecule has 0 amide bonds. The van der Waals surface area contributed by atoms with Crippen LogP contribution < -0.4 is 10.5 Å². The standard InChI is InChI=1S/C12H12N6O2S/c13-9-1-3-10(4-2-9)18-12(5-6-16-18)17-21(19,20)11-7-14-15-8-11/h1-8,17H,13H2,(H,14,15). The summed E-state index contributed by atoms with van der Waals surface area (Å²) >= 11 is 0. The lowest BCUT2D eigenvalue weighted by Crippen LogP contribution is -2.15. The Morgan fingerprint density at radius 2 is 1.95 bits per heavy atom. The number of hydrogen-bond acceptors (Lipinski definition) is 5. The first-order valence-electron chi connectivity index (χ1n) is 5.98. The summed E-state index contributed by atoms with van der Waals surface area (Å²) in [5.41, 5.74) is 6.94. The molecule has 9 heteroatoms. The van der Waals surface area contributed by atoms with Crippen molar-refractivity contribution in [3.63, 3.8) is 0 Å².